The third-order valence-corrected chi connectivity index (χ3v) is 13.8. The molecule has 0 spiro atoms. The van der Waals surface area contributed by atoms with E-state index in [0.717, 1.165) is 36.8 Å². The van der Waals surface area contributed by atoms with Gasteiger partial charge in [0, 0.05) is 67.3 Å². The monoisotopic (exact) mass is 849 g/mol. The number of hydrogen-bond donors (Lipinski definition) is 0. The largest absolute Gasteiger partial charge is 0.490 e. The molecule has 0 bridgehead atoms. The number of piperidine rings is 2. The SMILES string of the molecule is CC(=O)OC(COc1ccc(C(C)(C)c2ccc(OCC(CN(C(C)=O)C3CC(C)(C)N(C)C(C)(C)C3)OC(C)=O)cc2)cc1)CN(C(C)=O)C1CC(C)(C)N(C)C(C)(C)C1. The smallest absolute Gasteiger partial charge is 0.303 e. The van der Waals surface area contributed by atoms with Gasteiger partial charge in [0.1, 0.15) is 24.7 Å². The molecule has 2 unspecified atom stereocenters. The van der Waals surface area contributed by atoms with Crippen LogP contribution in [-0.4, -0.2) is 130 Å². The fraction of sp³-hybridized carbons (Fsp3) is 0.673. The lowest BCUT2D eigenvalue weighted by Gasteiger charge is -2.55. The third-order valence-electron chi connectivity index (χ3n) is 13.8. The Labute approximate surface area is 366 Å². The van der Waals surface area contributed by atoms with E-state index in [9.17, 15) is 19.2 Å². The van der Waals surface area contributed by atoms with E-state index in [4.69, 9.17) is 18.9 Å². The highest BCUT2D eigenvalue weighted by atomic mass is 16.6. The van der Waals surface area contributed by atoms with Crippen molar-refractivity contribution in [2.45, 2.75) is 174 Å². The average molecular weight is 849 g/mol. The van der Waals surface area contributed by atoms with E-state index in [2.05, 4.69) is 93.1 Å². The average Bonchev–Trinajstić information content (AvgIpc) is 3.14. The van der Waals surface area contributed by atoms with Gasteiger partial charge in [-0.25, -0.2) is 0 Å². The van der Waals surface area contributed by atoms with E-state index in [1.165, 1.54) is 13.8 Å². The van der Waals surface area contributed by atoms with Crippen molar-refractivity contribution in [1.82, 2.24) is 19.6 Å². The van der Waals surface area contributed by atoms with Gasteiger partial charge >= 0.3 is 11.9 Å². The van der Waals surface area contributed by atoms with Crippen LogP contribution in [0.15, 0.2) is 48.5 Å². The van der Waals surface area contributed by atoms with Gasteiger partial charge < -0.3 is 28.7 Å². The first-order valence-electron chi connectivity index (χ1n) is 21.9. The number of rotatable bonds is 16. The van der Waals surface area contributed by atoms with Crippen LogP contribution in [0.1, 0.15) is 134 Å². The number of carbonyl (C=O) groups is 4. The molecule has 2 aliphatic rings. The van der Waals surface area contributed by atoms with Crippen molar-refractivity contribution >= 4 is 23.8 Å². The summed E-state index contributed by atoms with van der Waals surface area (Å²) in [5.41, 5.74) is 1.32. The quantitative estimate of drug-likeness (QED) is 0.156. The zero-order valence-electron chi connectivity index (χ0n) is 40.1. The van der Waals surface area contributed by atoms with Crippen molar-refractivity contribution < 1.29 is 38.1 Å². The van der Waals surface area contributed by atoms with E-state index in [0.29, 0.717) is 11.5 Å². The predicted molar refractivity (Wildman–Crippen MR) is 240 cm³/mol. The second-order valence-corrected chi connectivity index (χ2v) is 20.6. The van der Waals surface area contributed by atoms with Crippen LogP contribution in [0.4, 0.5) is 0 Å². The number of esters is 2. The summed E-state index contributed by atoms with van der Waals surface area (Å²) in [5.74, 6) is 0.313. The Morgan fingerprint density at radius 1 is 0.574 bits per heavy atom. The van der Waals surface area contributed by atoms with Crippen molar-refractivity contribution in [2.24, 2.45) is 0 Å². The minimum Gasteiger partial charge on any atom is -0.490 e. The molecule has 2 aromatic carbocycles. The first-order valence-corrected chi connectivity index (χ1v) is 21.9. The summed E-state index contributed by atoms with van der Waals surface area (Å²) in [6.45, 7) is 28.5. The molecule has 0 aromatic heterocycles. The van der Waals surface area contributed by atoms with E-state index in [1.807, 2.05) is 58.3 Å². The van der Waals surface area contributed by atoms with Crippen LogP contribution in [0.2, 0.25) is 0 Å². The summed E-state index contributed by atoms with van der Waals surface area (Å²) in [6.07, 6.45) is 1.95. The lowest BCUT2D eigenvalue weighted by Crippen LogP contribution is -2.63. The first kappa shape index (κ1) is 49.5. The van der Waals surface area contributed by atoms with Crippen LogP contribution in [-0.2, 0) is 34.1 Å². The highest BCUT2D eigenvalue weighted by Crippen LogP contribution is 2.41. The van der Waals surface area contributed by atoms with Crippen molar-refractivity contribution in [3.8, 4) is 11.5 Å². The molecule has 0 N–H and O–H groups in total. The zero-order chi connectivity index (χ0) is 45.9. The van der Waals surface area contributed by atoms with Crippen molar-refractivity contribution in [3.63, 3.8) is 0 Å². The lowest BCUT2D eigenvalue weighted by atomic mass is 9.77. The Hall–Kier alpha value is -4.16. The highest BCUT2D eigenvalue weighted by molar-refractivity contribution is 5.74. The van der Waals surface area contributed by atoms with Gasteiger partial charge in [0.05, 0.1) is 13.1 Å². The maximum absolute atomic E-state index is 13.0. The summed E-state index contributed by atoms with van der Waals surface area (Å²) >= 11 is 0. The number of likely N-dealkylation sites (tertiary alicyclic amines) is 2. The van der Waals surface area contributed by atoms with Gasteiger partial charge in [-0.3, -0.25) is 29.0 Å². The van der Waals surface area contributed by atoms with Crippen LogP contribution in [0, 0.1) is 0 Å². The fourth-order valence-electron chi connectivity index (χ4n) is 9.78. The molecular formula is C49H76N4O8. The summed E-state index contributed by atoms with van der Waals surface area (Å²) in [5, 5.41) is 0. The van der Waals surface area contributed by atoms with E-state index in [-0.39, 0.29) is 77.8 Å². The van der Waals surface area contributed by atoms with Gasteiger partial charge in [-0.2, -0.15) is 0 Å². The predicted octanol–water partition coefficient (Wildman–Crippen LogP) is 7.63. The number of nitrogens with zero attached hydrogens (tertiary/aromatic N) is 4. The number of hydrogen-bond acceptors (Lipinski definition) is 10. The van der Waals surface area contributed by atoms with Crippen molar-refractivity contribution in [3.05, 3.63) is 59.7 Å². The van der Waals surface area contributed by atoms with Gasteiger partial charge in [-0.1, -0.05) is 38.1 Å². The second-order valence-electron chi connectivity index (χ2n) is 20.6. The molecule has 4 rings (SSSR count). The van der Waals surface area contributed by atoms with Gasteiger partial charge in [-0.05, 0) is 131 Å². The Bertz CT molecular complexity index is 1670. The molecule has 2 fully saturated rings. The van der Waals surface area contributed by atoms with Crippen LogP contribution < -0.4 is 9.47 Å². The van der Waals surface area contributed by atoms with Gasteiger partial charge in [-0.15, -0.1) is 0 Å². The molecular weight excluding hydrogens is 773 g/mol. The number of carbonyl (C=O) groups excluding carboxylic acids is 4. The van der Waals surface area contributed by atoms with Gasteiger partial charge in [0.25, 0.3) is 0 Å². The Balaban J connectivity index is 1.40. The molecule has 2 amide bonds. The molecule has 2 heterocycles. The standard InChI is InChI=1S/C49H76N4O8/c1-33(54)52(39-25-45(5,6)50(15)46(7,8)26-39)29-43(60-35(3)56)31-58-41-21-17-37(18-22-41)49(13,14)38-19-23-42(24-20-38)59-32-44(61-36(4)57)30-53(34(2)55)40-27-47(9,10)51(16)48(11,12)28-40/h17-24,39-40,43-44H,25-32H2,1-16H3. The molecule has 0 radical (unpaired) electrons. The number of benzene rings is 2. The topological polar surface area (TPSA) is 118 Å². The van der Waals surface area contributed by atoms with Crippen LogP contribution in [0.25, 0.3) is 0 Å². The maximum atomic E-state index is 13.0. The minimum atomic E-state index is -0.638. The molecule has 0 saturated carbocycles. The molecule has 0 aliphatic carbocycles. The lowest BCUT2D eigenvalue weighted by molar-refractivity contribution is -0.154. The normalized spacial score (nSPS) is 20.2. The number of ether oxygens (including phenoxy) is 4. The summed E-state index contributed by atoms with van der Waals surface area (Å²) in [6, 6.07) is 15.8. The van der Waals surface area contributed by atoms with Crippen molar-refractivity contribution in [2.75, 3.05) is 40.4 Å². The molecule has 2 aromatic rings. The molecule has 340 valence electrons. The Kier molecular flexibility index (Phi) is 15.5. The Morgan fingerprint density at radius 3 is 1.10 bits per heavy atom. The van der Waals surface area contributed by atoms with Crippen LogP contribution >= 0.6 is 0 Å². The molecule has 12 heteroatoms. The second kappa shape index (κ2) is 19.1. The van der Waals surface area contributed by atoms with Crippen molar-refractivity contribution in [1.29, 1.82) is 0 Å². The highest BCUT2D eigenvalue weighted by Gasteiger charge is 2.47. The summed E-state index contributed by atoms with van der Waals surface area (Å²) in [4.78, 5) is 58.9. The number of amides is 2. The van der Waals surface area contributed by atoms with Crippen LogP contribution in [0.3, 0.4) is 0 Å². The molecule has 12 nitrogen and oxygen atoms in total. The minimum absolute atomic E-state index is 0.00449. The summed E-state index contributed by atoms with van der Waals surface area (Å²) in [7, 11) is 4.27. The molecule has 2 saturated heterocycles. The third kappa shape index (κ3) is 12.5. The molecule has 2 aliphatic heterocycles. The van der Waals surface area contributed by atoms with Gasteiger partial charge in [0.2, 0.25) is 11.8 Å². The van der Waals surface area contributed by atoms with E-state index in [1.54, 1.807) is 13.8 Å². The fourth-order valence-corrected chi connectivity index (χ4v) is 9.78. The van der Waals surface area contributed by atoms with Crippen LogP contribution in [0.5, 0.6) is 11.5 Å². The van der Waals surface area contributed by atoms with Gasteiger partial charge in [0.15, 0.2) is 12.2 Å². The summed E-state index contributed by atoms with van der Waals surface area (Å²) < 4.78 is 23.8. The Morgan fingerprint density at radius 2 is 0.852 bits per heavy atom. The zero-order valence-corrected chi connectivity index (χ0v) is 40.1. The van der Waals surface area contributed by atoms with E-state index >= 15 is 0 Å². The molecule has 2 atom stereocenters. The maximum Gasteiger partial charge on any atom is 0.303 e. The molecule has 61 heavy (non-hydrogen) atoms. The van der Waals surface area contributed by atoms with E-state index < -0.39 is 24.1 Å². The first-order chi connectivity index (χ1) is 28.1.